The number of nitrogens with zero attached hydrogens (tertiary/aromatic N) is 5. The van der Waals surface area contributed by atoms with Gasteiger partial charge in [-0.25, -0.2) is 14.8 Å². The van der Waals surface area contributed by atoms with E-state index in [2.05, 4.69) is 15.1 Å². The van der Waals surface area contributed by atoms with E-state index >= 15 is 0 Å². The highest BCUT2D eigenvalue weighted by atomic mass is 19.4. The van der Waals surface area contributed by atoms with Crippen molar-refractivity contribution in [1.82, 2.24) is 19.7 Å². The zero-order chi connectivity index (χ0) is 15.8. The van der Waals surface area contributed by atoms with Gasteiger partial charge in [-0.05, 0) is 6.07 Å². The number of aromatic carboxylic acids is 1. The van der Waals surface area contributed by atoms with E-state index in [-0.39, 0.29) is 0 Å². The molecule has 0 atom stereocenters. The van der Waals surface area contributed by atoms with Crippen LogP contribution in [0.15, 0.2) is 18.5 Å². The van der Waals surface area contributed by atoms with Crippen molar-refractivity contribution >= 4 is 11.7 Å². The third kappa shape index (κ3) is 2.77. The maximum absolute atomic E-state index is 12.5. The molecule has 0 aliphatic heterocycles. The average molecular weight is 303 g/mol. The van der Waals surface area contributed by atoms with Crippen molar-refractivity contribution in [2.24, 2.45) is 0 Å². The molecule has 0 unspecified atom stereocenters. The van der Waals surface area contributed by atoms with Crippen LogP contribution >= 0.6 is 0 Å². The number of nitro groups is 1. The largest absolute Gasteiger partial charge is 0.476 e. The monoisotopic (exact) mass is 303 g/mol. The first-order valence-electron chi connectivity index (χ1n) is 5.08. The summed E-state index contributed by atoms with van der Waals surface area (Å²) in [5.74, 6) is -2.34. The van der Waals surface area contributed by atoms with Crippen LogP contribution in [0.25, 0.3) is 5.95 Å². The van der Waals surface area contributed by atoms with Crippen molar-refractivity contribution in [1.29, 1.82) is 0 Å². The number of hydrogen-bond donors (Lipinski definition) is 1. The van der Waals surface area contributed by atoms with Gasteiger partial charge in [-0.3, -0.25) is 10.1 Å². The number of carboxylic acids is 1. The van der Waals surface area contributed by atoms with Crippen LogP contribution in [0.5, 0.6) is 0 Å². The fraction of sp³-hybridized carbons (Fsp3) is 0.111. The molecule has 0 amide bonds. The van der Waals surface area contributed by atoms with E-state index in [0.29, 0.717) is 16.9 Å². The van der Waals surface area contributed by atoms with Gasteiger partial charge in [-0.15, -0.1) is 0 Å². The van der Waals surface area contributed by atoms with Crippen molar-refractivity contribution < 1.29 is 28.0 Å². The first-order chi connectivity index (χ1) is 9.70. The van der Waals surface area contributed by atoms with E-state index in [9.17, 15) is 28.1 Å². The summed E-state index contributed by atoms with van der Waals surface area (Å²) in [6, 6.07) is 0.597. The van der Waals surface area contributed by atoms with Crippen LogP contribution in [-0.4, -0.2) is 35.7 Å². The summed E-state index contributed by atoms with van der Waals surface area (Å²) in [6.07, 6.45) is -3.34. The summed E-state index contributed by atoms with van der Waals surface area (Å²) >= 11 is 0. The molecule has 12 heteroatoms. The summed E-state index contributed by atoms with van der Waals surface area (Å²) in [6.45, 7) is 0. The minimum atomic E-state index is -4.74. The highest BCUT2D eigenvalue weighted by Crippen LogP contribution is 2.27. The summed E-state index contributed by atoms with van der Waals surface area (Å²) < 4.78 is 38.0. The second-order valence-corrected chi connectivity index (χ2v) is 3.61. The second-order valence-electron chi connectivity index (χ2n) is 3.61. The van der Waals surface area contributed by atoms with Gasteiger partial charge in [0.15, 0.2) is 0 Å². The molecule has 9 nitrogen and oxygen atoms in total. The molecule has 2 rings (SSSR count). The zero-order valence-corrected chi connectivity index (χ0v) is 9.77. The molecule has 2 aromatic rings. The molecule has 2 heterocycles. The number of carbonyl (C=O) groups is 1. The highest BCUT2D eigenvalue weighted by Gasteiger charge is 2.33. The van der Waals surface area contributed by atoms with E-state index in [1.165, 1.54) is 0 Å². The molecule has 0 aliphatic carbocycles. The lowest BCUT2D eigenvalue weighted by molar-refractivity contribution is -0.385. The lowest BCUT2D eigenvalue weighted by Crippen LogP contribution is -2.12. The van der Waals surface area contributed by atoms with Gasteiger partial charge in [-0.1, -0.05) is 0 Å². The van der Waals surface area contributed by atoms with Gasteiger partial charge < -0.3 is 5.11 Å². The van der Waals surface area contributed by atoms with Crippen LogP contribution in [0.4, 0.5) is 18.9 Å². The Morgan fingerprint density at radius 1 is 1.43 bits per heavy atom. The van der Waals surface area contributed by atoms with Crippen molar-refractivity contribution in [3.8, 4) is 5.95 Å². The standard InChI is InChI=1S/C9H4F3N5O4/c10-9(11,12)5-1-2-13-8(14-5)16-3-4(17(20)21)6(15-16)7(18)19/h1-3H,(H,18,19). The molecule has 0 bridgehead atoms. The minimum Gasteiger partial charge on any atom is -0.476 e. The van der Waals surface area contributed by atoms with Crippen molar-refractivity contribution in [3.63, 3.8) is 0 Å². The topological polar surface area (TPSA) is 124 Å². The lowest BCUT2D eigenvalue weighted by atomic mass is 10.4. The average Bonchev–Trinajstić information content (AvgIpc) is 2.83. The Labute approximate surface area is 112 Å². The molecule has 0 spiro atoms. The van der Waals surface area contributed by atoms with Gasteiger partial charge >= 0.3 is 17.8 Å². The maximum atomic E-state index is 12.5. The third-order valence-electron chi connectivity index (χ3n) is 2.23. The lowest BCUT2D eigenvalue weighted by Gasteiger charge is -2.06. The number of aromatic nitrogens is 4. The van der Waals surface area contributed by atoms with Gasteiger partial charge in [-0.2, -0.15) is 23.0 Å². The van der Waals surface area contributed by atoms with Gasteiger partial charge in [0.25, 0.3) is 5.95 Å². The van der Waals surface area contributed by atoms with Crippen LogP contribution in [0.2, 0.25) is 0 Å². The van der Waals surface area contributed by atoms with Crippen molar-refractivity contribution in [2.75, 3.05) is 0 Å². The van der Waals surface area contributed by atoms with Crippen molar-refractivity contribution in [3.05, 3.63) is 40.0 Å². The molecule has 2 aromatic heterocycles. The van der Waals surface area contributed by atoms with Gasteiger partial charge in [0.05, 0.1) is 4.92 Å². The summed E-state index contributed by atoms with van der Waals surface area (Å²) in [4.78, 5) is 27.0. The van der Waals surface area contributed by atoms with Crippen LogP contribution in [0, 0.1) is 10.1 Å². The first-order valence-corrected chi connectivity index (χ1v) is 5.08. The number of alkyl halides is 3. The molecule has 0 radical (unpaired) electrons. The molecule has 21 heavy (non-hydrogen) atoms. The summed E-state index contributed by atoms with van der Waals surface area (Å²) in [7, 11) is 0. The molecule has 110 valence electrons. The number of carboxylic acid groups (broad SMARTS) is 1. The Balaban J connectivity index is 2.55. The molecule has 0 fully saturated rings. The Kier molecular flexibility index (Phi) is 3.29. The quantitative estimate of drug-likeness (QED) is 0.669. The third-order valence-corrected chi connectivity index (χ3v) is 2.23. The van der Waals surface area contributed by atoms with E-state index in [1.54, 1.807) is 0 Å². The number of halogens is 3. The zero-order valence-electron chi connectivity index (χ0n) is 9.77. The second kappa shape index (κ2) is 4.81. The molecule has 0 aromatic carbocycles. The Morgan fingerprint density at radius 2 is 2.10 bits per heavy atom. The molecule has 0 saturated carbocycles. The summed E-state index contributed by atoms with van der Waals surface area (Å²) in [5, 5.41) is 22.7. The van der Waals surface area contributed by atoms with E-state index in [0.717, 1.165) is 6.20 Å². The molecule has 0 aliphatic rings. The maximum Gasteiger partial charge on any atom is 0.433 e. The summed E-state index contributed by atoms with van der Waals surface area (Å²) in [5.41, 5.74) is -3.10. The van der Waals surface area contributed by atoms with E-state index in [1.807, 2.05) is 0 Å². The fourth-order valence-corrected chi connectivity index (χ4v) is 1.37. The predicted molar refractivity (Wildman–Crippen MR) is 57.8 cm³/mol. The van der Waals surface area contributed by atoms with E-state index in [4.69, 9.17) is 5.11 Å². The molecular formula is C9H4F3N5O4. The predicted octanol–water partition coefficient (Wildman–Crippen LogP) is 1.29. The van der Waals surface area contributed by atoms with Crippen LogP contribution < -0.4 is 0 Å². The number of rotatable bonds is 3. The van der Waals surface area contributed by atoms with Gasteiger partial charge in [0.1, 0.15) is 11.9 Å². The van der Waals surface area contributed by atoms with Crippen LogP contribution in [-0.2, 0) is 6.18 Å². The highest BCUT2D eigenvalue weighted by molar-refractivity contribution is 5.89. The fourth-order valence-electron chi connectivity index (χ4n) is 1.37. The van der Waals surface area contributed by atoms with Gasteiger partial charge in [0, 0.05) is 6.20 Å². The minimum absolute atomic E-state index is 0.497. The van der Waals surface area contributed by atoms with E-state index < -0.39 is 40.1 Å². The Hall–Kier alpha value is -3.05. The van der Waals surface area contributed by atoms with Crippen LogP contribution in [0.3, 0.4) is 0 Å². The first kappa shape index (κ1) is 14.4. The van der Waals surface area contributed by atoms with Gasteiger partial charge in [0.2, 0.25) is 5.69 Å². The van der Waals surface area contributed by atoms with Crippen molar-refractivity contribution in [2.45, 2.75) is 6.18 Å². The smallest absolute Gasteiger partial charge is 0.433 e. The molecular weight excluding hydrogens is 299 g/mol. The van der Waals surface area contributed by atoms with Crippen LogP contribution in [0.1, 0.15) is 16.2 Å². The Morgan fingerprint density at radius 3 is 2.57 bits per heavy atom. The molecule has 0 saturated heterocycles. The Bertz CT molecular complexity index is 695. The SMILES string of the molecule is O=C(O)c1nn(-c2nccc(C(F)(F)F)n2)cc1[N+](=O)[O-]. The number of hydrogen-bond acceptors (Lipinski definition) is 6. The molecule has 1 N–H and O–H groups in total. The normalized spacial score (nSPS) is 11.4.